The van der Waals surface area contributed by atoms with Gasteiger partial charge in [-0.25, -0.2) is 0 Å². The Morgan fingerprint density at radius 2 is 0.894 bits per heavy atom. The summed E-state index contributed by atoms with van der Waals surface area (Å²) in [7, 11) is -14.8. The minimum absolute atomic E-state index is 0.534. The molecular weight excluding hydrogens is 673 g/mol. The molecule has 0 bridgehead atoms. The molecule has 5 atom stereocenters. The summed E-state index contributed by atoms with van der Waals surface area (Å²) < 4.78 is 48.6. The minimum atomic E-state index is -3.43. The lowest BCUT2D eigenvalue weighted by atomic mass is 10.4. The van der Waals surface area contributed by atoms with Crippen LogP contribution in [0.3, 0.4) is 0 Å². The van der Waals surface area contributed by atoms with E-state index in [1.165, 1.54) is 0 Å². The van der Waals surface area contributed by atoms with Gasteiger partial charge in [0.15, 0.2) is 0 Å². The number of hydrogen-bond acceptors (Lipinski definition) is 7. The molecule has 7 nitrogen and oxygen atoms in total. The monoisotopic (exact) mass is 730 g/mol. The maximum Gasteiger partial charge on any atom is 0.480 e. The molecule has 0 aliphatic rings. The number of unbranched alkanes of at least 4 members (excludes halogenated alkanes) is 3. The minimum Gasteiger partial charge on any atom is -0.414 e. The molecule has 3 aromatic rings. The summed E-state index contributed by atoms with van der Waals surface area (Å²) in [6.07, 6.45) is 5.98. The fourth-order valence-corrected chi connectivity index (χ4v) is 25.8. The Morgan fingerprint density at radius 3 is 1.38 bits per heavy atom. The van der Waals surface area contributed by atoms with Gasteiger partial charge in [0.25, 0.3) is 0 Å². The van der Waals surface area contributed by atoms with E-state index in [1.54, 1.807) is 0 Å². The van der Waals surface area contributed by atoms with Gasteiger partial charge >= 0.3 is 43.8 Å². The summed E-state index contributed by atoms with van der Waals surface area (Å²) in [5, 5.41) is 3.09. The second kappa shape index (κ2) is 19.6. The molecule has 47 heavy (non-hydrogen) atoms. The van der Waals surface area contributed by atoms with Crippen molar-refractivity contribution in [3.8, 4) is 0 Å². The largest absolute Gasteiger partial charge is 0.480 e. The molecule has 12 heteroatoms. The Hall–Kier alpha value is -1.54. The van der Waals surface area contributed by atoms with Crippen molar-refractivity contribution in [1.29, 1.82) is 0 Å². The van der Waals surface area contributed by atoms with E-state index >= 15 is 0 Å². The maximum atomic E-state index is 7.43. The first-order chi connectivity index (χ1) is 22.5. The lowest BCUT2D eigenvalue weighted by Gasteiger charge is -2.44. The molecule has 0 saturated heterocycles. The van der Waals surface area contributed by atoms with E-state index in [9.17, 15) is 0 Å². The van der Waals surface area contributed by atoms with Gasteiger partial charge in [-0.15, -0.1) is 0 Å². The van der Waals surface area contributed by atoms with E-state index in [-0.39, 0.29) is 0 Å². The molecule has 0 fully saturated rings. The zero-order valence-electron chi connectivity index (χ0n) is 30.0. The van der Waals surface area contributed by atoms with Gasteiger partial charge in [-0.3, -0.25) is 0 Å². The SMILES string of the molecule is CCCCO[SiH](C)O[Si](C)(O[Si](C)(O[Si](C)(OCCCC)O[Si](C)(OCCCC)c1ccccc1)c1ccccc1)c1ccccc1. The molecule has 0 aliphatic heterocycles. The van der Waals surface area contributed by atoms with Crippen molar-refractivity contribution < 1.29 is 29.7 Å². The van der Waals surface area contributed by atoms with E-state index in [0.29, 0.717) is 19.8 Å². The molecule has 3 aromatic carbocycles. The molecule has 0 N–H and O–H groups in total. The predicted octanol–water partition coefficient (Wildman–Crippen LogP) is 6.86. The average molecular weight is 731 g/mol. The molecule has 3 rings (SSSR count). The van der Waals surface area contributed by atoms with Crippen LogP contribution < -0.4 is 15.6 Å². The lowest BCUT2D eigenvalue weighted by molar-refractivity contribution is 0.130. The van der Waals surface area contributed by atoms with E-state index in [4.69, 9.17) is 29.7 Å². The molecule has 0 spiro atoms. The molecule has 260 valence electrons. The van der Waals surface area contributed by atoms with Crippen molar-refractivity contribution in [2.24, 2.45) is 0 Å². The molecule has 0 aromatic heterocycles. The van der Waals surface area contributed by atoms with Crippen LogP contribution in [0.2, 0.25) is 32.7 Å². The van der Waals surface area contributed by atoms with Gasteiger partial charge in [0, 0.05) is 26.4 Å². The van der Waals surface area contributed by atoms with Crippen molar-refractivity contribution >= 4 is 59.3 Å². The van der Waals surface area contributed by atoms with Crippen LogP contribution in [0.4, 0.5) is 0 Å². The Kier molecular flexibility index (Phi) is 16.6. The Morgan fingerprint density at radius 1 is 0.489 bits per heavy atom. The van der Waals surface area contributed by atoms with Crippen LogP contribution in [0.15, 0.2) is 91.0 Å². The maximum absolute atomic E-state index is 7.43. The third kappa shape index (κ3) is 12.4. The predicted molar refractivity (Wildman–Crippen MR) is 205 cm³/mol. The Bertz CT molecular complexity index is 1280. The molecule has 0 aliphatic carbocycles. The van der Waals surface area contributed by atoms with Crippen LogP contribution in [-0.4, -0.2) is 63.6 Å². The smallest absolute Gasteiger partial charge is 0.414 e. The van der Waals surface area contributed by atoms with Crippen LogP contribution in [0.5, 0.6) is 0 Å². The van der Waals surface area contributed by atoms with E-state index < -0.39 is 43.8 Å². The second-order valence-corrected chi connectivity index (χ2v) is 27.0. The molecule has 5 unspecified atom stereocenters. The van der Waals surface area contributed by atoms with Gasteiger partial charge in [0.05, 0.1) is 0 Å². The van der Waals surface area contributed by atoms with Crippen LogP contribution in [0.1, 0.15) is 59.3 Å². The molecule has 0 amide bonds. The Labute approximate surface area is 290 Å². The standard InChI is InChI=1S/C35H58O7Si5/c1-9-12-30-36-43(4)39-45(6,34-26-20-16-21-27-34)40-46(7,35-28-22-17-23-29-35)42-47(8,38-32-14-11-3)41-44(5,37-31-13-10-2)33-24-18-15-19-25-33/h15-29,43H,9-14,30-32H2,1-8H3. The topological polar surface area (TPSA) is 64.6 Å². The number of hydrogen-bond donors (Lipinski definition) is 0. The first-order valence-corrected chi connectivity index (χ1v) is 28.6. The van der Waals surface area contributed by atoms with Crippen molar-refractivity contribution in [3.63, 3.8) is 0 Å². The zero-order chi connectivity index (χ0) is 34.2. The van der Waals surface area contributed by atoms with Crippen molar-refractivity contribution in [2.45, 2.75) is 92.0 Å². The van der Waals surface area contributed by atoms with Gasteiger partial charge in [0.1, 0.15) is 0 Å². The molecule has 0 saturated carbocycles. The van der Waals surface area contributed by atoms with Crippen LogP contribution in [-0.2, 0) is 29.7 Å². The highest BCUT2D eigenvalue weighted by atomic mass is 28.5. The van der Waals surface area contributed by atoms with E-state index in [0.717, 1.165) is 54.1 Å². The van der Waals surface area contributed by atoms with Crippen LogP contribution in [0, 0.1) is 0 Å². The summed E-state index contributed by atoms with van der Waals surface area (Å²) in [5.74, 6) is 0. The molecule has 0 heterocycles. The number of benzene rings is 3. The highest BCUT2D eigenvalue weighted by molar-refractivity contribution is 6.97. The zero-order valence-corrected chi connectivity index (χ0v) is 35.1. The second-order valence-electron chi connectivity index (χ2n) is 12.4. The third-order valence-corrected chi connectivity index (χ3v) is 26.7. The van der Waals surface area contributed by atoms with Gasteiger partial charge in [-0.1, -0.05) is 131 Å². The fraction of sp³-hybridized carbons (Fsp3) is 0.486. The van der Waals surface area contributed by atoms with Crippen molar-refractivity contribution in [3.05, 3.63) is 91.0 Å². The van der Waals surface area contributed by atoms with Crippen LogP contribution in [0.25, 0.3) is 0 Å². The fourth-order valence-electron chi connectivity index (χ4n) is 5.40. The highest BCUT2D eigenvalue weighted by Crippen LogP contribution is 2.27. The quantitative estimate of drug-likeness (QED) is 0.0781. The first-order valence-electron chi connectivity index (χ1n) is 17.4. The normalized spacial score (nSPS) is 17.6. The molecule has 0 radical (unpaired) electrons. The lowest BCUT2D eigenvalue weighted by Crippen LogP contribution is -2.70. The number of rotatable bonds is 23. The molecular formula is C35H58O7Si5. The summed E-state index contributed by atoms with van der Waals surface area (Å²) >= 11 is 0. The summed E-state index contributed by atoms with van der Waals surface area (Å²) in [6.45, 7) is 18.8. The van der Waals surface area contributed by atoms with Gasteiger partial charge in [-0.2, -0.15) is 0 Å². The van der Waals surface area contributed by atoms with Gasteiger partial charge in [0.2, 0.25) is 0 Å². The van der Waals surface area contributed by atoms with Crippen LogP contribution >= 0.6 is 0 Å². The van der Waals surface area contributed by atoms with Gasteiger partial charge in [-0.05, 0) is 61.0 Å². The van der Waals surface area contributed by atoms with Gasteiger partial charge < -0.3 is 29.7 Å². The van der Waals surface area contributed by atoms with E-state index in [1.807, 2.05) is 61.1 Å². The Balaban J connectivity index is 2.09. The van der Waals surface area contributed by atoms with Crippen molar-refractivity contribution in [1.82, 2.24) is 0 Å². The summed E-state index contributed by atoms with van der Waals surface area (Å²) in [6, 6.07) is 30.9. The highest BCUT2D eigenvalue weighted by Gasteiger charge is 2.55. The summed E-state index contributed by atoms with van der Waals surface area (Å²) in [4.78, 5) is 0. The van der Waals surface area contributed by atoms with E-state index in [2.05, 4.69) is 83.4 Å². The van der Waals surface area contributed by atoms with Crippen molar-refractivity contribution in [2.75, 3.05) is 19.8 Å². The summed E-state index contributed by atoms with van der Waals surface area (Å²) in [5.41, 5.74) is 0. The third-order valence-electron chi connectivity index (χ3n) is 8.02. The first kappa shape index (κ1) is 39.9. The average Bonchev–Trinajstić information content (AvgIpc) is 3.06.